The summed E-state index contributed by atoms with van der Waals surface area (Å²) in [5.41, 5.74) is 10.1. The van der Waals surface area contributed by atoms with Crippen LogP contribution in [0.1, 0.15) is 160 Å². The minimum Gasteiger partial charge on any atom is -0.478 e. The second-order valence-electron chi connectivity index (χ2n) is 21.9. The van der Waals surface area contributed by atoms with Gasteiger partial charge in [0.15, 0.2) is 21.7 Å². The number of imidazole rings is 3. The maximum Gasteiger partial charge on any atom is 0.407 e. The van der Waals surface area contributed by atoms with Crippen LogP contribution in [-0.2, 0) is 61.5 Å². The highest BCUT2D eigenvalue weighted by molar-refractivity contribution is 6.31. The maximum absolute atomic E-state index is 11.9. The normalized spacial score (nSPS) is 10.8. The minimum absolute atomic E-state index is 0.203. The van der Waals surface area contributed by atoms with Crippen LogP contribution < -0.4 is 10.6 Å². The molecule has 0 radical (unpaired) electrons. The highest BCUT2D eigenvalue weighted by atomic mass is 35.5. The van der Waals surface area contributed by atoms with E-state index in [2.05, 4.69) is 51.1 Å². The van der Waals surface area contributed by atoms with Gasteiger partial charge in [0.1, 0.15) is 23.2 Å². The topological polar surface area (TPSA) is 259 Å². The first kappa shape index (κ1) is 71.9. The molecule has 22 heteroatoms. The third-order valence-corrected chi connectivity index (χ3v) is 16.2. The number of rotatable bonds is 28. The molecule has 492 valence electrons. The summed E-state index contributed by atoms with van der Waals surface area (Å²) in [5, 5.41) is 34.7. The standard InChI is InChI=1S/C26H30ClN3O4.C24H26ClN3O4.C22H21ClN2O3/c1-3-5-10-23-29-24(27)22(16-28-26(33)34-15-4-2)30(23)17-18-11-13-19(14-12-18)20-8-6-7-9-21(20)25(31)32;1-3-4-9-21-27-22(25)20(14-26-24(31)32-2)28(21)15-16-10-12-17(13-11-16)18-7-5-6-8-19(18)23(29)30;1-2-3-8-20-24-21(23)19(14-26)25(20)13-15-9-11-16(12-10-15)17-6-4-5-7-18(17)22(27)28/h6-9,11-14H,3-5,10,15-17H2,1-2H3,(H,28,33)(H,31,32);5-8,10-13H,3-4,9,14-15H2,1-2H3,(H,26,31)(H,29,30);4-7,9-12,14H,2-3,8,13H2,1H3,(H,27,28). The molecule has 0 aliphatic heterocycles. The zero-order chi connectivity index (χ0) is 67.7. The Hall–Kier alpha value is -9.56. The first-order chi connectivity index (χ1) is 45.4. The number of carboxylic acid groups (broad SMARTS) is 3. The number of methoxy groups -OCH3 is 1. The number of carbonyl (C=O) groups excluding carboxylic acids is 3. The van der Waals surface area contributed by atoms with E-state index in [0.29, 0.717) is 64.6 Å². The molecule has 0 unspecified atom stereocenters. The molecule has 3 heterocycles. The Kier molecular flexibility index (Phi) is 27.6. The van der Waals surface area contributed by atoms with Crippen LogP contribution in [0.15, 0.2) is 146 Å². The van der Waals surface area contributed by atoms with Gasteiger partial charge >= 0.3 is 30.1 Å². The lowest BCUT2D eigenvalue weighted by molar-refractivity contribution is 0.0687. The summed E-state index contributed by atoms with van der Waals surface area (Å²) in [6.07, 6.45) is 8.78. The number of aldehydes is 1. The molecule has 0 spiro atoms. The summed E-state index contributed by atoms with van der Waals surface area (Å²) in [6.45, 7) is 10.6. The highest BCUT2D eigenvalue weighted by Gasteiger charge is 2.21. The molecule has 9 aromatic rings. The summed E-state index contributed by atoms with van der Waals surface area (Å²) in [7, 11) is 1.31. The second-order valence-corrected chi connectivity index (χ2v) is 23.0. The van der Waals surface area contributed by atoms with Crippen molar-refractivity contribution >= 4 is 71.2 Å². The van der Waals surface area contributed by atoms with Crippen molar-refractivity contribution in [1.29, 1.82) is 0 Å². The average Bonchev–Trinajstić information content (AvgIpc) is 1.69. The monoisotopic (exact) mass is 1330 g/mol. The van der Waals surface area contributed by atoms with E-state index in [0.717, 1.165) is 127 Å². The van der Waals surface area contributed by atoms with E-state index in [4.69, 9.17) is 39.5 Å². The predicted molar refractivity (Wildman–Crippen MR) is 364 cm³/mol. The van der Waals surface area contributed by atoms with Gasteiger partial charge in [-0.25, -0.2) is 38.9 Å². The molecule has 5 N–H and O–H groups in total. The smallest absolute Gasteiger partial charge is 0.407 e. The van der Waals surface area contributed by atoms with E-state index in [1.807, 2.05) is 112 Å². The zero-order valence-electron chi connectivity index (χ0n) is 53.2. The zero-order valence-corrected chi connectivity index (χ0v) is 55.4. The quantitative estimate of drug-likeness (QED) is 0.0286. The third-order valence-electron chi connectivity index (χ3n) is 15.3. The lowest BCUT2D eigenvalue weighted by Gasteiger charge is -2.14. The number of nitrogens with zero attached hydrogens (tertiary/aromatic N) is 6. The Morgan fingerprint density at radius 1 is 0.457 bits per heavy atom. The van der Waals surface area contributed by atoms with Gasteiger partial charge in [0.05, 0.1) is 54.9 Å². The minimum atomic E-state index is -0.957. The molecule has 3 aromatic heterocycles. The van der Waals surface area contributed by atoms with Crippen LogP contribution >= 0.6 is 34.8 Å². The van der Waals surface area contributed by atoms with Gasteiger partial charge < -0.3 is 49.1 Å². The summed E-state index contributed by atoms with van der Waals surface area (Å²) < 4.78 is 15.7. The number of aromatic carboxylic acids is 3. The number of alkyl carbamates (subject to hydrolysis) is 2. The van der Waals surface area contributed by atoms with E-state index in [1.165, 1.54) is 7.11 Å². The number of benzene rings is 6. The summed E-state index contributed by atoms with van der Waals surface area (Å²) >= 11 is 19.0. The predicted octanol–water partition coefficient (Wildman–Crippen LogP) is 16.2. The SMILES string of the molecule is CCCCc1nc(Cl)c(C=O)n1Cc1ccc(-c2ccccc2C(=O)O)cc1.CCCCc1nc(Cl)c(CNC(=O)OC)n1Cc1ccc(-c2ccccc2C(=O)O)cc1.CCCCc1nc(Cl)c(CNC(=O)OCCC)n1Cc1ccc(-c2ccccc2C(=O)O)cc1. The van der Waals surface area contributed by atoms with Crippen LogP contribution in [0, 0.1) is 0 Å². The number of hydrogen-bond donors (Lipinski definition) is 5. The maximum atomic E-state index is 11.9. The number of hydrogen-bond acceptors (Lipinski definition) is 11. The number of ether oxygens (including phenoxy) is 2. The molecule has 0 aliphatic carbocycles. The van der Waals surface area contributed by atoms with E-state index in [-0.39, 0.29) is 34.9 Å². The largest absolute Gasteiger partial charge is 0.478 e. The van der Waals surface area contributed by atoms with E-state index < -0.39 is 30.1 Å². The van der Waals surface area contributed by atoms with Crippen molar-refractivity contribution in [1.82, 2.24) is 39.3 Å². The van der Waals surface area contributed by atoms with Crippen molar-refractivity contribution < 1.29 is 53.6 Å². The Balaban J connectivity index is 0.000000200. The number of aromatic nitrogens is 6. The molecule has 0 saturated carbocycles. The molecule has 6 aromatic carbocycles. The number of aryl methyl sites for hydroxylation is 3. The van der Waals surface area contributed by atoms with Crippen molar-refractivity contribution in [3.05, 3.63) is 229 Å². The molecule has 94 heavy (non-hydrogen) atoms. The van der Waals surface area contributed by atoms with Gasteiger partial charge in [-0.15, -0.1) is 0 Å². The van der Waals surface area contributed by atoms with Crippen LogP contribution in [0.5, 0.6) is 0 Å². The average molecular weight is 1340 g/mol. The summed E-state index contributed by atoms with van der Waals surface area (Å²) in [6, 6.07) is 44.0. The first-order valence-corrected chi connectivity index (χ1v) is 32.2. The Bertz CT molecular complexity index is 4030. The van der Waals surface area contributed by atoms with Gasteiger partial charge in [0.25, 0.3) is 0 Å². The molecule has 2 amide bonds. The third kappa shape index (κ3) is 19.5. The van der Waals surface area contributed by atoms with Gasteiger partial charge in [-0.3, -0.25) is 4.79 Å². The van der Waals surface area contributed by atoms with E-state index >= 15 is 0 Å². The lowest BCUT2D eigenvalue weighted by atomic mass is 9.99. The van der Waals surface area contributed by atoms with Crippen molar-refractivity contribution in [2.75, 3.05) is 13.7 Å². The highest BCUT2D eigenvalue weighted by Crippen LogP contribution is 2.30. The summed E-state index contributed by atoms with van der Waals surface area (Å²) in [5.74, 6) is -0.341. The van der Waals surface area contributed by atoms with Crippen LogP contribution in [0.2, 0.25) is 15.5 Å². The van der Waals surface area contributed by atoms with E-state index in [1.54, 1.807) is 54.6 Å². The fourth-order valence-electron chi connectivity index (χ4n) is 10.4. The van der Waals surface area contributed by atoms with Gasteiger partial charge in [-0.05, 0) is 94.0 Å². The number of nitrogens with one attached hydrogen (secondary N) is 2. The fourth-order valence-corrected chi connectivity index (χ4v) is 11.2. The molecular weight excluding hydrogens is 1260 g/mol. The Morgan fingerprint density at radius 2 is 0.787 bits per heavy atom. The van der Waals surface area contributed by atoms with Crippen molar-refractivity contribution in [3.8, 4) is 33.4 Å². The molecule has 0 fully saturated rings. The number of halogens is 3. The number of carbonyl (C=O) groups is 6. The van der Waals surface area contributed by atoms with Gasteiger partial charge in [-0.2, -0.15) is 0 Å². The number of carboxylic acids is 3. The Morgan fingerprint density at radius 3 is 1.12 bits per heavy atom. The molecule has 9 rings (SSSR count). The van der Waals surface area contributed by atoms with Crippen molar-refractivity contribution in [2.45, 2.75) is 125 Å². The summed E-state index contributed by atoms with van der Waals surface area (Å²) in [4.78, 5) is 82.9. The number of unbranched alkanes of at least 4 members (excludes halogenated alkanes) is 3. The fraction of sp³-hybridized carbons (Fsp3) is 0.292. The van der Waals surface area contributed by atoms with Gasteiger partial charge in [0, 0.05) is 38.9 Å². The molecule has 0 bridgehead atoms. The van der Waals surface area contributed by atoms with Crippen LogP contribution in [0.4, 0.5) is 9.59 Å². The van der Waals surface area contributed by atoms with Crippen molar-refractivity contribution in [2.24, 2.45) is 0 Å². The van der Waals surface area contributed by atoms with Crippen LogP contribution in [-0.4, -0.2) is 94.1 Å². The molecule has 19 nitrogen and oxygen atoms in total. The number of amides is 2. The molecule has 0 saturated heterocycles. The molecular formula is C72H77Cl3N8O11. The second kappa shape index (κ2) is 36.0. The van der Waals surface area contributed by atoms with Crippen molar-refractivity contribution in [3.63, 3.8) is 0 Å². The van der Waals surface area contributed by atoms with Gasteiger partial charge in [-0.1, -0.05) is 209 Å². The van der Waals surface area contributed by atoms with Crippen LogP contribution in [0.25, 0.3) is 33.4 Å². The van der Waals surface area contributed by atoms with Crippen LogP contribution in [0.3, 0.4) is 0 Å². The van der Waals surface area contributed by atoms with E-state index in [9.17, 15) is 44.1 Å². The Labute approximate surface area is 561 Å². The lowest BCUT2D eigenvalue weighted by Crippen LogP contribution is -2.26. The molecule has 0 atom stereocenters. The first-order valence-electron chi connectivity index (χ1n) is 31.1. The van der Waals surface area contributed by atoms with Gasteiger partial charge in [0.2, 0.25) is 0 Å². The molecule has 0 aliphatic rings.